The Labute approximate surface area is 210 Å². The summed E-state index contributed by atoms with van der Waals surface area (Å²) in [5.74, 6) is 1.29. The zero-order chi connectivity index (χ0) is 24.1. The van der Waals surface area contributed by atoms with E-state index in [0.29, 0.717) is 25.1 Å². The summed E-state index contributed by atoms with van der Waals surface area (Å²) in [5, 5.41) is 4.70. The van der Waals surface area contributed by atoms with Crippen LogP contribution in [0, 0.1) is 5.41 Å². The number of likely N-dealkylation sites (N-methyl/N-ethyl adjacent to an activating group) is 1. The quantitative estimate of drug-likeness (QED) is 0.606. The largest absolute Gasteiger partial charge is 0.491 e. The SMILES string of the molecule is CN1CCOc2ccccc2CCCCC2(CCN(Cc3cnn(C4CCCCC4)c3)CC2)C1=O. The van der Waals surface area contributed by atoms with E-state index in [-0.39, 0.29) is 5.41 Å². The van der Waals surface area contributed by atoms with E-state index >= 15 is 0 Å². The van der Waals surface area contributed by atoms with Crippen LogP contribution in [0.2, 0.25) is 0 Å². The first-order chi connectivity index (χ1) is 17.1. The van der Waals surface area contributed by atoms with Crippen molar-refractivity contribution >= 4 is 5.91 Å². The Morgan fingerprint density at radius 1 is 1.00 bits per heavy atom. The molecule has 1 amide bonds. The number of fused-ring (bicyclic) bond motifs is 1. The van der Waals surface area contributed by atoms with Crippen LogP contribution in [0.3, 0.4) is 0 Å². The number of ether oxygens (including phenoxy) is 1. The smallest absolute Gasteiger partial charge is 0.228 e. The Morgan fingerprint density at radius 2 is 1.80 bits per heavy atom. The van der Waals surface area contributed by atoms with Crippen LogP contribution < -0.4 is 4.74 Å². The number of carbonyl (C=O) groups is 1. The Balaban J connectivity index is 1.20. The van der Waals surface area contributed by atoms with Gasteiger partial charge in [0, 0.05) is 25.4 Å². The van der Waals surface area contributed by atoms with Gasteiger partial charge in [-0.2, -0.15) is 5.10 Å². The molecule has 0 radical (unpaired) electrons. The molecule has 0 bridgehead atoms. The van der Waals surface area contributed by atoms with Gasteiger partial charge >= 0.3 is 0 Å². The number of likely N-dealkylation sites (tertiary alicyclic amines) is 1. The molecule has 6 heteroatoms. The normalized spacial score (nSPS) is 22.8. The minimum absolute atomic E-state index is 0.226. The van der Waals surface area contributed by atoms with Gasteiger partial charge in [0.2, 0.25) is 5.91 Å². The van der Waals surface area contributed by atoms with E-state index in [4.69, 9.17) is 9.84 Å². The van der Waals surface area contributed by atoms with Crippen molar-refractivity contribution < 1.29 is 9.53 Å². The van der Waals surface area contributed by atoms with Crippen molar-refractivity contribution in [2.24, 2.45) is 5.41 Å². The predicted octanol–water partition coefficient (Wildman–Crippen LogP) is 5.23. The molecule has 1 saturated carbocycles. The summed E-state index contributed by atoms with van der Waals surface area (Å²) in [5.41, 5.74) is 2.38. The zero-order valence-corrected chi connectivity index (χ0v) is 21.5. The van der Waals surface area contributed by atoms with Gasteiger partial charge in [0.1, 0.15) is 12.4 Å². The lowest BCUT2D eigenvalue weighted by atomic mass is 9.73. The molecule has 35 heavy (non-hydrogen) atoms. The van der Waals surface area contributed by atoms with Gasteiger partial charge in [-0.1, -0.05) is 43.9 Å². The summed E-state index contributed by atoms with van der Waals surface area (Å²) in [6, 6.07) is 8.95. The van der Waals surface area contributed by atoms with E-state index in [1.165, 1.54) is 43.2 Å². The lowest BCUT2D eigenvalue weighted by Crippen LogP contribution is -2.50. The number of amides is 1. The fourth-order valence-electron chi connectivity index (χ4n) is 6.40. The fourth-order valence-corrected chi connectivity index (χ4v) is 6.40. The van der Waals surface area contributed by atoms with Crippen LogP contribution in [0.1, 0.15) is 81.4 Å². The number of benzene rings is 1. The van der Waals surface area contributed by atoms with Crippen LogP contribution in [0.15, 0.2) is 36.7 Å². The average molecular weight is 479 g/mol. The first-order valence-corrected chi connectivity index (χ1v) is 13.8. The van der Waals surface area contributed by atoms with Crippen molar-refractivity contribution in [3.8, 4) is 5.75 Å². The number of aromatic nitrogens is 2. The van der Waals surface area contributed by atoms with Crippen molar-refractivity contribution in [3.63, 3.8) is 0 Å². The molecule has 1 aromatic heterocycles. The highest BCUT2D eigenvalue weighted by molar-refractivity contribution is 5.82. The van der Waals surface area contributed by atoms with Crippen LogP contribution in [-0.2, 0) is 17.8 Å². The van der Waals surface area contributed by atoms with Crippen LogP contribution in [-0.4, -0.2) is 58.8 Å². The minimum Gasteiger partial charge on any atom is -0.491 e. The van der Waals surface area contributed by atoms with Crippen LogP contribution in [0.25, 0.3) is 0 Å². The lowest BCUT2D eigenvalue weighted by molar-refractivity contribution is -0.145. The third-order valence-corrected chi connectivity index (χ3v) is 8.63. The maximum atomic E-state index is 13.7. The maximum absolute atomic E-state index is 13.7. The van der Waals surface area contributed by atoms with E-state index in [2.05, 4.69) is 40.2 Å². The molecule has 0 unspecified atom stereocenters. The standard InChI is InChI=1S/C29H42N4O2/c1-31-19-20-35-27-13-6-5-9-25(27)10-7-8-14-29(28(31)34)15-17-32(18-16-29)22-24-21-30-33(23-24)26-11-3-2-4-12-26/h5-6,9,13,21,23,26H,2-4,7-8,10-12,14-20,22H2,1H3. The summed E-state index contributed by atoms with van der Waals surface area (Å²) in [6.07, 6.45) is 17.0. The number of hydrogen-bond donors (Lipinski definition) is 0. The van der Waals surface area contributed by atoms with Crippen molar-refractivity contribution in [1.29, 1.82) is 0 Å². The molecule has 0 atom stereocenters. The molecule has 1 spiro atoms. The monoisotopic (exact) mass is 478 g/mol. The van der Waals surface area contributed by atoms with Crippen molar-refractivity contribution in [1.82, 2.24) is 19.6 Å². The van der Waals surface area contributed by atoms with Crippen molar-refractivity contribution in [3.05, 3.63) is 47.8 Å². The van der Waals surface area contributed by atoms with Gasteiger partial charge in [0.25, 0.3) is 0 Å². The first kappa shape index (κ1) is 24.4. The number of carbonyl (C=O) groups excluding carboxylic acids is 1. The highest BCUT2D eigenvalue weighted by atomic mass is 16.5. The Kier molecular flexibility index (Phi) is 7.76. The molecule has 1 aromatic carbocycles. The fraction of sp³-hybridized carbons (Fsp3) is 0.655. The number of nitrogens with zero attached hydrogens (tertiary/aromatic N) is 4. The van der Waals surface area contributed by atoms with Gasteiger partial charge in [-0.15, -0.1) is 0 Å². The predicted molar refractivity (Wildman–Crippen MR) is 138 cm³/mol. The van der Waals surface area contributed by atoms with Crippen LogP contribution in [0.5, 0.6) is 5.75 Å². The molecule has 3 aliphatic rings. The van der Waals surface area contributed by atoms with Gasteiger partial charge in [-0.25, -0.2) is 0 Å². The molecular formula is C29H42N4O2. The lowest BCUT2D eigenvalue weighted by Gasteiger charge is -2.43. The van der Waals surface area contributed by atoms with E-state index in [0.717, 1.165) is 63.9 Å². The van der Waals surface area contributed by atoms with E-state index in [1.54, 1.807) is 0 Å². The molecule has 3 heterocycles. The highest BCUT2D eigenvalue weighted by Gasteiger charge is 2.42. The Bertz CT molecular complexity index is 973. The van der Waals surface area contributed by atoms with Gasteiger partial charge in [0.15, 0.2) is 0 Å². The maximum Gasteiger partial charge on any atom is 0.228 e. The summed E-state index contributed by atoms with van der Waals surface area (Å²) >= 11 is 0. The molecule has 2 aliphatic heterocycles. The number of rotatable bonds is 3. The second kappa shape index (κ2) is 11.2. The van der Waals surface area contributed by atoms with Crippen LogP contribution >= 0.6 is 0 Å². The molecule has 6 nitrogen and oxygen atoms in total. The molecule has 2 aromatic rings. The summed E-state index contributed by atoms with van der Waals surface area (Å²) in [6.45, 7) is 4.09. The third-order valence-electron chi connectivity index (χ3n) is 8.63. The zero-order valence-electron chi connectivity index (χ0n) is 21.5. The second-order valence-corrected chi connectivity index (χ2v) is 11.1. The molecule has 1 saturated heterocycles. The summed E-state index contributed by atoms with van der Waals surface area (Å²) in [7, 11) is 1.96. The molecule has 5 rings (SSSR count). The summed E-state index contributed by atoms with van der Waals surface area (Å²) < 4.78 is 8.29. The summed E-state index contributed by atoms with van der Waals surface area (Å²) in [4.78, 5) is 18.1. The van der Waals surface area contributed by atoms with Crippen molar-refractivity contribution in [2.75, 3.05) is 33.3 Å². The molecule has 2 fully saturated rings. The third kappa shape index (κ3) is 5.74. The topological polar surface area (TPSA) is 50.6 Å². The molecule has 1 aliphatic carbocycles. The van der Waals surface area contributed by atoms with Gasteiger partial charge < -0.3 is 9.64 Å². The van der Waals surface area contributed by atoms with Crippen molar-refractivity contribution in [2.45, 2.75) is 83.2 Å². The van der Waals surface area contributed by atoms with E-state index < -0.39 is 0 Å². The van der Waals surface area contributed by atoms with Gasteiger partial charge in [0.05, 0.1) is 24.2 Å². The van der Waals surface area contributed by atoms with Gasteiger partial charge in [-0.05, 0) is 69.7 Å². The molecular weight excluding hydrogens is 436 g/mol. The number of para-hydroxylation sites is 1. The Morgan fingerprint density at radius 3 is 2.63 bits per heavy atom. The molecule has 190 valence electrons. The second-order valence-electron chi connectivity index (χ2n) is 11.1. The number of piperidine rings is 1. The first-order valence-electron chi connectivity index (χ1n) is 13.8. The minimum atomic E-state index is -0.226. The number of aryl methyl sites for hydroxylation is 1. The average Bonchev–Trinajstić information content (AvgIpc) is 3.36. The van der Waals surface area contributed by atoms with Crippen LogP contribution in [0.4, 0.5) is 0 Å². The highest BCUT2D eigenvalue weighted by Crippen LogP contribution is 2.39. The molecule has 0 N–H and O–H groups in total. The van der Waals surface area contributed by atoms with Gasteiger partial charge in [-0.3, -0.25) is 14.4 Å². The Hall–Kier alpha value is -2.34. The number of hydrogen-bond acceptors (Lipinski definition) is 4. The van der Waals surface area contributed by atoms with E-state index in [1.807, 2.05) is 18.0 Å². The van der Waals surface area contributed by atoms with E-state index in [9.17, 15) is 4.79 Å².